The monoisotopic (exact) mass is 405 g/mol. The Hall–Kier alpha value is -3.30. The van der Waals surface area contributed by atoms with Gasteiger partial charge in [-0.25, -0.2) is 4.99 Å². The average Bonchev–Trinajstić information content (AvgIpc) is 2.96. The number of benzene rings is 1. The fraction of sp³-hybridized carbons (Fsp3) is 0.474. The number of carbonyl (C=O) groups excluding carboxylic acids is 2. The highest BCUT2D eigenvalue weighted by Gasteiger charge is 2.41. The number of hydrogen-bond donors (Lipinski definition) is 2. The van der Waals surface area contributed by atoms with Crippen LogP contribution in [0.2, 0.25) is 0 Å². The van der Waals surface area contributed by atoms with Crippen molar-refractivity contribution in [3.8, 4) is 11.5 Å². The first-order chi connectivity index (χ1) is 13.9. The van der Waals surface area contributed by atoms with Gasteiger partial charge in [0, 0.05) is 12.5 Å². The number of nitrogens with zero attached hydrogens (tertiary/aromatic N) is 2. The van der Waals surface area contributed by atoms with Crippen LogP contribution < -0.4 is 14.8 Å². The lowest BCUT2D eigenvalue weighted by atomic mass is 10.1. The van der Waals surface area contributed by atoms with Crippen LogP contribution in [0.4, 0.5) is 5.69 Å². The minimum atomic E-state index is -1.06. The van der Waals surface area contributed by atoms with Gasteiger partial charge in [0.2, 0.25) is 11.9 Å². The van der Waals surface area contributed by atoms with E-state index in [2.05, 4.69) is 10.3 Å². The molecule has 1 saturated heterocycles. The van der Waals surface area contributed by atoms with Gasteiger partial charge < -0.3 is 24.2 Å². The summed E-state index contributed by atoms with van der Waals surface area (Å²) in [6.45, 7) is 2.40. The van der Waals surface area contributed by atoms with Crippen LogP contribution in [0.5, 0.6) is 11.5 Å². The van der Waals surface area contributed by atoms with Crippen molar-refractivity contribution >= 4 is 29.5 Å². The number of hydrogen-bond acceptors (Lipinski definition) is 8. The van der Waals surface area contributed by atoms with Gasteiger partial charge in [-0.3, -0.25) is 19.7 Å². The molecule has 29 heavy (non-hydrogen) atoms. The molecule has 1 aromatic carbocycles. The maximum Gasteiger partial charge on any atom is 0.305 e. The highest BCUT2D eigenvalue weighted by molar-refractivity contribution is 6.08. The standard InChI is InChI=1S/C19H23N3O7/c1-11(23)28-7-3-4-8-29-15-6-5-13-12(17(15)27-2)10-22-14(9-16(24)25)18(26)21-19(22)20-13/h5-6,14H,3-4,7-10H2,1-2H3,(H,24,25)(H,20,21,26). The minimum absolute atomic E-state index is 0.275. The molecular formula is C19H23N3O7. The molecule has 0 radical (unpaired) electrons. The molecule has 1 fully saturated rings. The minimum Gasteiger partial charge on any atom is -0.492 e. The number of unbranched alkanes of at least 4 members (excludes halogenated alkanes) is 1. The molecule has 0 aliphatic carbocycles. The smallest absolute Gasteiger partial charge is 0.305 e. The quantitative estimate of drug-likeness (QED) is 0.463. The number of esters is 1. The van der Waals surface area contributed by atoms with Gasteiger partial charge in [0.1, 0.15) is 6.04 Å². The fourth-order valence-electron chi connectivity index (χ4n) is 3.28. The second kappa shape index (κ2) is 8.80. The first kappa shape index (κ1) is 20.4. The van der Waals surface area contributed by atoms with E-state index in [1.54, 1.807) is 17.0 Å². The summed E-state index contributed by atoms with van der Waals surface area (Å²) in [6.07, 6.45) is 1.06. The van der Waals surface area contributed by atoms with Crippen LogP contribution in [0.25, 0.3) is 0 Å². The Morgan fingerprint density at radius 2 is 2.07 bits per heavy atom. The van der Waals surface area contributed by atoms with Gasteiger partial charge in [0.05, 0.1) is 39.0 Å². The van der Waals surface area contributed by atoms with Crippen molar-refractivity contribution in [3.05, 3.63) is 17.7 Å². The van der Waals surface area contributed by atoms with Crippen molar-refractivity contribution in [1.82, 2.24) is 10.2 Å². The zero-order valence-electron chi connectivity index (χ0n) is 16.3. The molecule has 3 rings (SSSR count). The first-order valence-corrected chi connectivity index (χ1v) is 9.24. The number of nitrogens with one attached hydrogen (secondary N) is 1. The van der Waals surface area contributed by atoms with E-state index in [-0.39, 0.29) is 24.8 Å². The van der Waals surface area contributed by atoms with Crippen molar-refractivity contribution in [2.24, 2.45) is 4.99 Å². The second-order valence-corrected chi connectivity index (χ2v) is 6.66. The molecule has 1 unspecified atom stereocenters. The zero-order chi connectivity index (χ0) is 21.0. The highest BCUT2D eigenvalue weighted by Crippen LogP contribution is 2.41. The summed E-state index contributed by atoms with van der Waals surface area (Å²) >= 11 is 0. The normalized spacial score (nSPS) is 17.0. The molecule has 2 N–H and O–H groups in total. The molecule has 10 nitrogen and oxygen atoms in total. The van der Waals surface area contributed by atoms with Crippen molar-refractivity contribution in [2.75, 3.05) is 20.3 Å². The lowest BCUT2D eigenvalue weighted by Crippen LogP contribution is -2.38. The van der Waals surface area contributed by atoms with Crippen LogP contribution in [0.1, 0.15) is 31.7 Å². The van der Waals surface area contributed by atoms with E-state index < -0.39 is 12.0 Å². The summed E-state index contributed by atoms with van der Waals surface area (Å²) in [4.78, 5) is 40.1. The fourth-order valence-corrected chi connectivity index (χ4v) is 3.28. The summed E-state index contributed by atoms with van der Waals surface area (Å²) in [7, 11) is 1.52. The van der Waals surface area contributed by atoms with Crippen molar-refractivity contribution < 1.29 is 33.7 Å². The molecule has 1 amide bonds. The van der Waals surface area contributed by atoms with E-state index in [9.17, 15) is 14.4 Å². The second-order valence-electron chi connectivity index (χ2n) is 6.66. The first-order valence-electron chi connectivity index (χ1n) is 9.24. The Balaban J connectivity index is 1.71. The SMILES string of the molecule is COc1c(OCCCCOC(C)=O)ccc2c1CN1C(=N2)NC(=O)C1CC(=O)O. The molecule has 0 spiro atoms. The van der Waals surface area contributed by atoms with Crippen LogP contribution in [-0.2, 0) is 25.7 Å². The Morgan fingerprint density at radius 1 is 1.31 bits per heavy atom. The Morgan fingerprint density at radius 3 is 2.76 bits per heavy atom. The number of carboxylic acid groups (broad SMARTS) is 1. The van der Waals surface area contributed by atoms with E-state index in [0.717, 1.165) is 5.56 Å². The average molecular weight is 405 g/mol. The molecule has 0 saturated carbocycles. The zero-order valence-corrected chi connectivity index (χ0v) is 16.3. The summed E-state index contributed by atoms with van der Waals surface area (Å²) in [5.41, 5.74) is 1.35. The van der Waals surface area contributed by atoms with Crippen molar-refractivity contribution in [3.63, 3.8) is 0 Å². The van der Waals surface area contributed by atoms with Gasteiger partial charge in [-0.15, -0.1) is 0 Å². The summed E-state index contributed by atoms with van der Waals surface area (Å²) in [5, 5.41) is 11.7. The lowest BCUT2D eigenvalue weighted by molar-refractivity contribution is -0.141. The third kappa shape index (κ3) is 4.58. The molecule has 0 bridgehead atoms. The van der Waals surface area contributed by atoms with E-state index >= 15 is 0 Å². The van der Waals surface area contributed by atoms with E-state index in [0.29, 0.717) is 49.2 Å². The predicted molar refractivity (Wildman–Crippen MR) is 101 cm³/mol. The van der Waals surface area contributed by atoms with Crippen LogP contribution in [-0.4, -0.2) is 60.2 Å². The number of amides is 1. The summed E-state index contributed by atoms with van der Waals surface area (Å²) in [5.74, 6) is -0.380. The van der Waals surface area contributed by atoms with Gasteiger partial charge in [0.25, 0.3) is 0 Å². The van der Waals surface area contributed by atoms with E-state index in [1.807, 2.05) is 0 Å². The summed E-state index contributed by atoms with van der Waals surface area (Å²) < 4.78 is 16.2. The largest absolute Gasteiger partial charge is 0.492 e. The molecule has 10 heteroatoms. The topological polar surface area (TPSA) is 127 Å². The molecule has 1 atom stereocenters. The number of ether oxygens (including phenoxy) is 3. The molecule has 0 aromatic heterocycles. The van der Waals surface area contributed by atoms with Crippen LogP contribution in [0, 0.1) is 0 Å². The van der Waals surface area contributed by atoms with Gasteiger partial charge in [-0.1, -0.05) is 0 Å². The van der Waals surface area contributed by atoms with Crippen LogP contribution in [0.3, 0.4) is 0 Å². The molecular weight excluding hydrogens is 382 g/mol. The maximum atomic E-state index is 12.1. The number of carbonyl (C=O) groups is 3. The van der Waals surface area contributed by atoms with Crippen LogP contribution in [0.15, 0.2) is 17.1 Å². The molecule has 2 aliphatic rings. The molecule has 1 aromatic rings. The molecule has 2 aliphatic heterocycles. The number of aliphatic imine (C=N–C) groups is 1. The number of fused-ring (bicyclic) bond motifs is 2. The van der Waals surface area contributed by atoms with Crippen molar-refractivity contribution in [1.29, 1.82) is 0 Å². The van der Waals surface area contributed by atoms with Crippen molar-refractivity contribution in [2.45, 2.75) is 38.8 Å². The van der Waals surface area contributed by atoms with Gasteiger partial charge in [-0.2, -0.15) is 0 Å². The Bertz CT molecular complexity index is 852. The number of aliphatic carboxylic acids is 1. The van der Waals surface area contributed by atoms with Gasteiger partial charge in [0.15, 0.2) is 11.5 Å². The van der Waals surface area contributed by atoms with Crippen LogP contribution >= 0.6 is 0 Å². The van der Waals surface area contributed by atoms with Gasteiger partial charge in [-0.05, 0) is 25.0 Å². The highest BCUT2D eigenvalue weighted by atomic mass is 16.5. The molecule has 2 heterocycles. The van der Waals surface area contributed by atoms with Gasteiger partial charge >= 0.3 is 11.9 Å². The number of methoxy groups -OCH3 is 1. The van der Waals surface area contributed by atoms with E-state index in [1.165, 1.54) is 14.0 Å². The summed E-state index contributed by atoms with van der Waals surface area (Å²) in [6, 6.07) is 2.69. The maximum absolute atomic E-state index is 12.1. The Labute approximate surface area is 167 Å². The Kier molecular flexibility index (Phi) is 6.20. The third-order valence-corrected chi connectivity index (χ3v) is 4.61. The predicted octanol–water partition coefficient (Wildman–Crippen LogP) is 1.19. The number of carboxylic acids is 1. The number of guanidine groups is 1. The molecule has 156 valence electrons. The number of rotatable bonds is 9. The van der Waals surface area contributed by atoms with E-state index in [4.69, 9.17) is 19.3 Å². The lowest BCUT2D eigenvalue weighted by Gasteiger charge is -2.28. The third-order valence-electron chi connectivity index (χ3n) is 4.61.